The van der Waals surface area contributed by atoms with E-state index in [1.165, 1.54) is 6.20 Å². The lowest BCUT2D eigenvalue weighted by Crippen LogP contribution is -2.60. The second kappa shape index (κ2) is 10.4. The molecule has 0 saturated heterocycles. The van der Waals surface area contributed by atoms with Gasteiger partial charge in [0, 0.05) is 12.3 Å². The zero-order valence-electron chi connectivity index (χ0n) is 16.6. The third-order valence-corrected chi connectivity index (χ3v) is 4.95. The first-order valence-electron chi connectivity index (χ1n) is 9.96. The zero-order chi connectivity index (χ0) is 21.2. The van der Waals surface area contributed by atoms with Gasteiger partial charge < -0.3 is 20.1 Å². The molecule has 1 aromatic carbocycles. The lowest BCUT2D eigenvalue weighted by atomic mass is 9.81. The van der Waals surface area contributed by atoms with Crippen molar-refractivity contribution < 1.29 is 23.9 Å². The van der Waals surface area contributed by atoms with Crippen LogP contribution in [0.5, 0.6) is 5.88 Å². The molecule has 0 unspecified atom stereocenters. The Morgan fingerprint density at radius 3 is 2.40 bits per heavy atom. The number of benzene rings is 1. The van der Waals surface area contributed by atoms with Gasteiger partial charge >= 0.3 is 12.1 Å². The molecule has 1 aliphatic carbocycles. The van der Waals surface area contributed by atoms with Gasteiger partial charge in [0.15, 0.2) is 0 Å². The molecular weight excluding hydrogens is 386 g/mol. The van der Waals surface area contributed by atoms with E-state index in [0.717, 1.165) is 24.8 Å². The molecule has 2 N–H and O–H groups in total. The van der Waals surface area contributed by atoms with Crippen LogP contribution >= 0.6 is 0 Å². The largest absolute Gasteiger partial charge is 0.445 e. The Bertz CT molecular complexity index is 852. The predicted molar refractivity (Wildman–Crippen MR) is 108 cm³/mol. The Morgan fingerprint density at radius 2 is 1.70 bits per heavy atom. The van der Waals surface area contributed by atoms with Gasteiger partial charge in [-0.05, 0) is 24.5 Å². The minimum atomic E-state index is -1.10. The summed E-state index contributed by atoms with van der Waals surface area (Å²) in [6.45, 7) is -0.210. The molecule has 0 bridgehead atoms. The number of rotatable bonds is 7. The number of carbonyl (C=O) groups excluding carboxylic acids is 3. The third-order valence-electron chi connectivity index (χ3n) is 4.95. The predicted octanol–water partition coefficient (Wildman–Crippen LogP) is 2.73. The Morgan fingerprint density at radius 1 is 0.967 bits per heavy atom. The van der Waals surface area contributed by atoms with Gasteiger partial charge in [-0.15, -0.1) is 0 Å². The van der Waals surface area contributed by atoms with Crippen molar-refractivity contribution >= 4 is 18.0 Å². The van der Waals surface area contributed by atoms with Crippen LogP contribution in [0.25, 0.3) is 0 Å². The molecule has 1 aromatic heterocycles. The van der Waals surface area contributed by atoms with Gasteiger partial charge in [0.1, 0.15) is 18.7 Å². The normalized spacial score (nSPS) is 14.9. The van der Waals surface area contributed by atoms with Gasteiger partial charge in [0.05, 0.1) is 0 Å². The standard InChI is InChI=1S/C22H25N3O5/c26-19(30-18-11-5-8-14-23-18)15-24-20(27)22(12-6-2-7-13-22)25-21(28)29-16-17-9-3-1-4-10-17/h1,3-5,8-11,14H,2,6-7,12-13,15-16H2,(H,24,27)(H,25,28). The summed E-state index contributed by atoms with van der Waals surface area (Å²) in [5.41, 5.74) is -0.246. The molecule has 0 radical (unpaired) electrons. The number of alkyl carbamates (subject to hydrolysis) is 1. The molecule has 2 amide bonds. The third kappa shape index (κ3) is 6.04. The number of hydrogen-bond donors (Lipinski definition) is 2. The van der Waals surface area contributed by atoms with E-state index in [1.807, 2.05) is 30.3 Å². The number of amides is 2. The fourth-order valence-corrected chi connectivity index (χ4v) is 3.40. The van der Waals surface area contributed by atoms with Crippen LogP contribution in [0, 0.1) is 0 Å². The quantitative estimate of drug-likeness (QED) is 0.679. The maximum absolute atomic E-state index is 12.9. The summed E-state index contributed by atoms with van der Waals surface area (Å²) in [6, 6.07) is 14.2. The average Bonchev–Trinajstić information content (AvgIpc) is 2.78. The number of nitrogens with zero attached hydrogens (tertiary/aromatic N) is 1. The van der Waals surface area contributed by atoms with Crippen LogP contribution in [-0.4, -0.2) is 35.0 Å². The van der Waals surface area contributed by atoms with Crippen LogP contribution in [0.15, 0.2) is 54.7 Å². The smallest absolute Gasteiger partial charge is 0.408 e. The van der Waals surface area contributed by atoms with Gasteiger partial charge in [-0.25, -0.2) is 14.6 Å². The number of pyridine rings is 1. The molecule has 2 aromatic rings. The Balaban J connectivity index is 1.54. The molecule has 1 fully saturated rings. The first kappa shape index (κ1) is 21.3. The number of ether oxygens (including phenoxy) is 2. The van der Waals surface area contributed by atoms with Crippen molar-refractivity contribution in [2.45, 2.75) is 44.2 Å². The lowest BCUT2D eigenvalue weighted by molar-refractivity contribution is -0.137. The Kier molecular flexibility index (Phi) is 7.37. The molecule has 8 heteroatoms. The topological polar surface area (TPSA) is 107 Å². The van der Waals surface area contributed by atoms with E-state index in [9.17, 15) is 14.4 Å². The monoisotopic (exact) mass is 411 g/mol. The molecule has 0 spiro atoms. The first-order valence-corrected chi connectivity index (χ1v) is 9.96. The minimum absolute atomic E-state index is 0.112. The number of aromatic nitrogens is 1. The molecule has 0 atom stereocenters. The van der Waals surface area contributed by atoms with Gasteiger partial charge in [-0.2, -0.15) is 0 Å². The summed E-state index contributed by atoms with van der Waals surface area (Å²) >= 11 is 0. The van der Waals surface area contributed by atoms with Crippen LogP contribution in [0.4, 0.5) is 4.79 Å². The highest BCUT2D eigenvalue weighted by molar-refractivity contribution is 5.92. The Labute approximate surface area is 175 Å². The van der Waals surface area contributed by atoms with E-state index < -0.39 is 23.5 Å². The number of nitrogens with one attached hydrogen (secondary N) is 2. The average molecular weight is 411 g/mol. The van der Waals surface area contributed by atoms with Crippen LogP contribution < -0.4 is 15.4 Å². The van der Waals surface area contributed by atoms with Gasteiger partial charge in [-0.1, -0.05) is 55.7 Å². The summed E-state index contributed by atoms with van der Waals surface area (Å²) in [7, 11) is 0. The van der Waals surface area contributed by atoms with E-state index in [0.29, 0.717) is 12.8 Å². The van der Waals surface area contributed by atoms with Crippen molar-refractivity contribution in [1.82, 2.24) is 15.6 Å². The molecule has 1 aliphatic rings. The van der Waals surface area contributed by atoms with Gasteiger partial charge in [0.25, 0.3) is 0 Å². The number of hydrogen-bond acceptors (Lipinski definition) is 6. The van der Waals surface area contributed by atoms with Crippen molar-refractivity contribution in [3.63, 3.8) is 0 Å². The lowest BCUT2D eigenvalue weighted by Gasteiger charge is -2.36. The van der Waals surface area contributed by atoms with E-state index in [2.05, 4.69) is 15.6 Å². The molecule has 8 nitrogen and oxygen atoms in total. The molecule has 158 valence electrons. The van der Waals surface area contributed by atoms with Gasteiger partial charge in [0.2, 0.25) is 11.8 Å². The summed E-state index contributed by atoms with van der Waals surface area (Å²) < 4.78 is 10.4. The second-order valence-corrected chi connectivity index (χ2v) is 7.15. The van der Waals surface area contributed by atoms with Crippen LogP contribution in [0.3, 0.4) is 0 Å². The SMILES string of the molecule is O=C(CNC(=O)C1(NC(=O)OCc2ccccc2)CCCCC1)Oc1ccccn1. The molecule has 1 heterocycles. The summed E-state index contributed by atoms with van der Waals surface area (Å²) in [4.78, 5) is 41.1. The summed E-state index contributed by atoms with van der Waals surface area (Å²) in [6.07, 6.45) is 4.38. The fraction of sp³-hybridized carbons (Fsp3) is 0.364. The highest BCUT2D eigenvalue weighted by Crippen LogP contribution is 2.28. The van der Waals surface area contributed by atoms with Crippen molar-refractivity contribution in [3.05, 3.63) is 60.3 Å². The van der Waals surface area contributed by atoms with Crippen LogP contribution in [0.2, 0.25) is 0 Å². The van der Waals surface area contributed by atoms with E-state index in [-0.39, 0.29) is 19.0 Å². The molecule has 30 heavy (non-hydrogen) atoms. The highest BCUT2D eigenvalue weighted by atomic mass is 16.5. The first-order chi connectivity index (χ1) is 14.6. The molecule has 3 rings (SSSR count). The molecular formula is C22H25N3O5. The van der Waals surface area contributed by atoms with E-state index in [1.54, 1.807) is 18.2 Å². The van der Waals surface area contributed by atoms with E-state index >= 15 is 0 Å². The van der Waals surface area contributed by atoms with E-state index in [4.69, 9.17) is 9.47 Å². The summed E-state index contributed by atoms with van der Waals surface area (Å²) in [5, 5.41) is 5.32. The second-order valence-electron chi connectivity index (χ2n) is 7.15. The maximum atomic E-state index is 12.9. The van der Waals surface area contributed by atoms with Crippen LogP contribution in [0.1, 0.15) is 37.7 Å². The van der Waals surface area contributed by atoms with Crippen molar-refractivity contribution in [2.24, 2.45) is 0 Å². The summed E-state index contributed by atoms with van der Waals surface area (Å²) in [5.74, 6) is -0.900. The van der Waals surface area contributed by atoms with Gasteiger partial charge in [-0.3, -0.25) is 4.79 Å². The fourth-order valence-electron chi connectivity index (χ4n) is 3.40. The number of carbonyl (C=O) groups is 3. The molecule has 1 saturated carbocycles. The van der Waals surface area contributed by atoms with Crippen molar-refractivity contribution in [2.75, 3.05) is 6.54 Å². The minimum Gasteiger partial charge on any atom is -0.445 e. The molecule has 0 aliphatic heterocycles. The van der Waals surface area contributed by atoms with Crippen LogP contribution in [-0.2, 0) is 20.9 Å². The zero-order valence-corrected chi connectivity index (χ0v) is 16.6. The highest BCUT2D eigenvalue weighted by Gasteiger charge is 2.41. The van der Waals surface area contributed by atoms with Crippen molar-refractivity contribution in [3.8, 4) is 5.88 Å². The number of esters is 1. The Hall–Kier alpha value is -3.42. The maximum Gasteiger partial charge on any atom is 0.408 e. The van der Waals surface area contributed by atoms with Crippen molar-refractivity contribution in [1.29, 1.82) is 0 Å².